The third-order valence-corrected chi connectivity index (χ3v) is 3.40. The lowest BCUT2D eigenvalue weighted by Crippen LogP contribution is -2.30. The minimum atomic E-state index is -0.0411. The predicted octanol–water partition coefficient (Wildman–Crippen LogP) is 0.841. The van der Waals surface area contributed by atoms with Crippen molar-refractivity contribution in [2.75, 3.05) is 18.9 Å². The van der Waals surface area contributed by atoms with E-state index in [-0.39, 0.29) is 5.91 Å². The fourth-order valence-electron chi connectivity index (χ4n) is 2.30. The molecule has 2 aromatic rings. The zero-order valence-electron chi connectivity index (χ0n) is 13.2. The first-order chi connectivity index (χ1) is 9.86. The number of likely N-dealkylation sites (N-methyl/N-ethyl adjacent to an activating group) is 1. The zero-order valence-corrected chi connectivity index (χ0v) is 13.2. The molecule has 0 bridgehead atoms. The average Bonchev–Trinajstić information content (AvgIpc) is 2.88. The van der Waals surface area contributed by atoms with Gasteiger partial charge in [-0.1, -0.05) is 0 Å². The molecule has 0 unspecified atom stereocenters. The molecule has 0 radical (unpaired) electrons. The van der Waals surface area contributed by atoms with Gasteiger partial charge in [-0.05, 0) is 20.9 Å². The van der Waals surface area contributed by atoms with Crippen LogP contribution < -0.4 is 5.32 Å². The molecule has 0 fully saturated rings. The van der Waals surface area contributed by atoms with Crippen LogP contribution in [0.15, 0.2) is 12.4 Å². The second-order valence-electron chi connectivity index (χ2n) is 5.41. The molecule has 0 saturated heterocycles. The van der Waals surface area contributed by atoms with Gasteiger partial charge in [0.15, 0.2) is 0 Å². The third-order valence-electron chi connectivity index (χ3n) is 3.40. The van der Waals surface area contributed by atoms with E-state index in [9.17, 15) is 4.79 Å². The fourth-order valence-corrected chi connectivity index (χ4v) is 2.30. The van der Waals surface area contributed by atoms with Crippen LogP contribution in [0.3, 0.4) is 0 Å². The molecule has 0 aromatic carbocycles. The molecule has 0 aliphatic heterocycles. The SMILES string of the molecule is Cc1nn(C)c(C)c1NC(=O)CN(C)Cc1cnn(C)c1. The quantitative estimate of drug-likeness (QED) is 0.886. The number of rotatable bonds is 5. The number of nitrogens with one attached hydrogen (secondary N) is 1. The number of aromatic nitrogens is 4. The number of hydrogen-bond donors (Lipinski definition) is 1. The molecule has 114 valence electrons. The fraction of sp³-hybridized carbons (Fsp3) is 0.500. The van der Waals surface area contributed by atoms with Crippen LogP contribution >= 0.6 is 0 Å². The lowest BCUT2D eigenvalue weighted by atomic mass is 10.3. The van der Waals surface area contributed by atoms with Crippen molar-refractivity contribution in [3.05, 3.63) is 29.3 Å². The van der Waals surface area contributed by atoms with Crippen molar-refractivity contribution in [3.63, 3.8) is 0 Å². The van der Waals surface area contributed by atoms with Crippen molar-refractivity contribution in [2.24, 2.45) is 14.1 Å². The smallest absolute Gasteiger partial charge is 0.238 e. The van der Waals surface area contributed by atoms with Crippen molar-refractivity contribution in [1.29, 1.82) is 0 Å². The van der Waals surface area contributed by atoms with E-state index in [2.05, 4.69) is 15.5 Å². The highest BCUT2D eigenvalue weighted by Gasteiger charge is 2.14. The highest BCUT2D eigenvalue weighted by Crippen LogP contribution is 2.18. The summed E-state index contributed by atoms with van der Waals surface area (Å²) in [5.41, 5.74) is 3.67. The van der Waals surface area contributed by atoms with E-state index in [1.54, 1.807) is 9.36 Å². The molecule has 0 saturated carbocycles. The largest absolute Gasteiger partial charge is 0.322 e. The van der Waals surface area contributed by atoms with Gasteiger partial charge >= 0.3 is 0 Å². The standard InChI is InChI=1S/C14H22N6O/c1-10-14(11(2)20(5)17-10)16-13(21)9-18(3)7-12-6-15-19(4)8-12/h6,8H,7,9H2,1-5H3,(H,16,21). The molecule has 7 nitrogen and oxygen atoms in total. The third kappa shape index (κ3) is 3.69. The number of hydrogen-bond acceptors (Lipinski definition) is 4. The Kier molecular flexibility index (Phi) is 4.42. The molecule has 2 aromatic heterocycles. The molecule has 2 heterocycles. The van der Waals surface area contributed by atoms with Gasteiger partial charge in [0.25, 0.3) is 0 Å². The maximum atomic E-state index is 12.1. The van der Waals surface area contributed by atoms with Crippen LogP contribution in [0.5, 0.6) is 0 Å². The van der Waals surface area contributed by atoms with Gasteiger partial charge in [-0.25, -0.2) is 0 Å². The minimum Gasteiger partial charge on any atom is -0.322 e. The molecule has 21 heavy (non-hydrogen) atoms. The van der Waals surface area contributed by atoms with Crippen LogP contribution in [-0.2, 0) is 25.4 Å². The molecule has 0 spiro atoms. The van der Waals surface area contributed by atoms with Crippen molar-refractivity contribution in [3.8, 4) is 0 Å². The van der Waals surface area contributed by atoms with Crippen molar-refractivity contribution in [1.82, 2.24) is 24.5 Å². The van der Waals surface area contributed by atoms with Gasteiger partial charge in [0.1, 0.15) is 0 Å². The van der Waals surface area contributed by atoms with Crippen LogP contribution in [0, 0.1) is 13.8 Å². The zero-order chi connectivity index (χ0) is 15.6. The summed E-state index contributed by atoms with van der Waals surface area (Å²) in [7, 11) is 5.66. The Morgan fingerprint density at radius 2 is 2.10 bits per heavy atom. The average molecular weight is 290 g/mol. The lowest BCUT2D eigenvalue weighted by Gasteiger charge is -2.15. The Balaban J connectivity index is 1.92. The molecule has 0 aliphatic carbocycles. The summed E-state index contributed by atoms with van der Waals surface area (Å²) in [5, 5.41) is 11.3. The van der Waals surface area contributed by atoms with Gasteiger partial charge < -0.3 is 5.32 Å². The number of carbonyl (C=O) groups is 1. The first-order valence-corrected chi connectivity index (χ1v) is 6.83. The minimum absolute atomic E-state index is 0.0411. The summed E-state index contributed by atoms with van der Waals surface area (Å²) in [6.07, 6.45) is 3.76. The monoisotopic (exact) mass is 290 g/mol. The van der Waals surface area contributed by atoms with Gasteiger partial charge in [0.05, 0.1) is 29.8 Å². The summed E-state index contributed by atoms with van der Waals surface area (Å²) < 4.78 is 3.52. The van der Waals surface area contributed by atoms with E-state index >= 15 is 0 Å². The summed E-state index contributed by atoms with van der Waals surface area (Å²) in [6.45, 7) is 4.84. The number of nitrogens with zero attached hydrogens (tertiary/aromatic N) is 5. The van der Waals surface area contributed by atoms with E-state index in [0.717, 1.165) is 22.6 Å². The molecular weight excluding hydrogens is 268 g/mol. The summed E-state index contributed by atoms with van der Waals surface area (Å²) in [4.78, 5) is 14.1. The highest BCUT2D eigenvalue weighted by molar-refractivity contribution is 5.93. The van der Waals surface area contributed by atoms with E-state index < -0.39 is 0 Å². The molecular formula is C14H22N6O. The van der Waals surface area contributed by atoms with E-state index in [0.29, 0.717) is 13.1 Å². The number of carbonyl (C=O) groups excluding carboxylic acids is 1. The first-order valence-electron chi connectivity index (χ1n) is 6.83. The van der Waals surface area contributed by atoms with Crippen molar-refractivity contribution in [2.45, 2.75) is 20.4 Å². The molecule has 1 amide bonds. The van der Waals surface area contributed by atoms with Crippen LogP contribution in [0.4, 0.5) is 5.69 Å². The Hall–Kier alpha value is -2.15. The second kappa shape index (κ2) is 6.09. The summed E-state index contributed by atoms with van der Waals surface area (Å²) in [5.74, 6) is -0.0411. The van der Waals surface area contributed by atoms with Crippen LogP contribution in [0.2, 0.25) is 0 Å². The molecule has 7 heteroatoms. The maximum Gasteiger partial charge on any atom is 0.238 e. The van der Waals surface area contributed by atoms with Gasteiger partial charge in [-0.3, -0.25) is 19.1 Å². The Morgan fingerprint density at radius 3 is 2.62 bits per heavy atom. The van der Waals surface area contributed by atoms with Gasteiger partial charge in [0, 0.05) is 32.4 Å². The number of aryl methyl sites for hydroxylation is 3. The summed E-state index contributed by atoms with van der Waals surface area (Å²) in [6, 6.07) is 0. The molecule has 0 aliphatic rings. The first kappa shape index (κ1) is 15.2. The Morgan fingerprint density at radius 1 is 1.38 bits per heavy atom. The summed E-state index contributed by atoms with van der Waals surface area (Å²) >= 11 is 0. The Labute approximate surface area is 124 Å². The van der Waals surface area contributed by atoms with Gasteiger partial charge in [0.2, 0.25) is 5.91 Å². The van der Waals surface area contributed by atoms with Crippen molar-refractivity contribution < 1.29 is 4.79 Å². The molecule has 0 atom stereocenters. The van der Waals surface area contributed by atoms with E-state index in [4.69, 9.17) is 0 Å². The Bertz CT molecular complexity index is 642. The highest BCUT2D eigenvalue weighted by atomic mass is 16.2. The second-order valence-corrected chi connectivity index (χ2v) is 5.41. The maximum absolute atomic E-state index is 12.1. The van der Waals surface area contributed by atoms with Crippen LogP contribution in [0.25, 0.3) is 0 Å². The topological polar surface area (TPSA) is 68.0 Å². The van der Waals surface area contributed by atoms with Crippen molar-refractivity contribution >= 4 is 11.6 Å². The normalized spacial score (nSPS) is 11.1. The predicted molar refractivity (Wildman–Crippen MR) is 80.9 cm³/mol. The van der Waals surface area contributed by atoms with Crippen LogP contribution in [-0.4, -0.2) is 44.0 Å². The van der Waals surface area contributed by atoms with Gasteiger partial charge in [-0.2, -0.15) is 10.2 Å². The number of anilines is 1. The number of amides is 1. The molecule has 1 N–H and O–H groups in total. The van der Waals surface area contributed by atoms with E-state index in [1.165, 1.54) is 0 Å². The van der Waals surface area contributed by atoms with Crippen LogP contribution in [0.1, 0.15) is 17.0 Å². The molecule has 2 rings (SSSR count). The lowest BCUT2D eigenvalue weighted by molar-refractivity contribution is -0.117. The van der Waals surface area contributed by atoms with E-state index in [1.807, 2.05) is 52.3 Å². The van der Waals surface area contributed by atoms with Gasteiger partial charge in [-0.15, -0.1) is 0 Å².